The van der Waals surface area contributed by atoms with Crippen LogP contribution in [0.5, 0.6) is 0 Å². The van der Waals surface area contributed by atoms with Crippen LogP contribution in [-0.2, 0) is 9.53 Å². The summed E-state index contributed by atoms with van der Waals surface area (Å²) in [5, 5.41) is 8.49. The van der Waals surface area contributed by atoms with Gasteiger partial charge in [0, 0.05) is 11.7 Å². The van der Waals surface area contributed by atoms with Crippen LogP contribution in [0.1, 0.15) is 20.3 Å². The molecule has 4 heteroatoms. The van der Waals surface area contributed by atoms with Crippen molar-refractivity contribution in [3.8, 4) is 0 Å². The Bertz CT molecular complexity index is 125. The largest absolute Gasteiger partial charge is 0.371 e. The Morgan fingerprint density at radius 3 is 2.75 bits per heavy atom. The first-order valence-corrected chi connectivity index (χ1v) is 5.02. The van der Waals surface area contributed by atoms with Gasteiger partial charge in [0.05, 0.1) is 6.61 Å². The Morgan fingerprint density at radius 1 is 1.58 bits per heavy atom. The minimum absolute atomic E-state index is 0.105. The third kappa shape index (κ3) is 6.64. The lowest BCUT2D eigenvalue weighted by atomic mass is 10.3. The molecular weight excluding hydrogens is 176 g/mol. The predicted octanol–water partition coefficient (Wildman–Crippen LogP) is 1.26. The van der Waals surface area contributed by atoms with Gasteiger partial charge in [-0.2, -0.15) is 0 Å². The van der Waals surface area contributed by atoms with E-state index in [0.29, 0.717) is 6.61 Å². The molecule has 0 fully saturated rings. The second-order valence-electron chi connectivity index (χ2n) is 2.71. The molecule has 0 aliphatic carbocycles. The number of ether oxygens (including phenoxy) is 1. The molecular formula is C8H16O3S. The molecule has 72 valence electrons. The van der Waals surface area contributed by atoms with E-state index in [0.717, 1.165) is 12.2 Å². The Morgan fingerprint density at radius 2 is 2.25 bits per heavy atom. The van der Waals surface area contributed by atoms with Crippen LogP contribution in [0.15, 0.2) is 0 Å². The Kier molecular flexibility index (Phi) is 7.54. The van der Waals surface area contributed by atoms with Crippen LogP contribution in [0.3, 0.4) is 0 Å². The molecule has 0 aromatic heterocycles. The maximum Gasteiger partial charge on any atom is 0.191 e. The number of carbonyl (C=O) groups is 1. The van der Waals surface area contributed by atoms with Gasteiger partial charge in [0.15, 0.2) is 5.12 Å². The van der Waals surface area contributed by atoms with E-state index in [4.69, 9.17) is 9.84 Å². The fourth-order valence-electron chi connectivity index (χ4n) is 0.565. The molecule has 0 unspecified atom stereocenters. The average Bonchev–Trinajstić information content (AvgIpc) is 2.03. The summed E-state index contributed by atoms with van der Waals surface area (Å²) < 4.78 is 4.71. The highest BCUT2D eigenvalue weighted by Crippen LogP contribution is 2.11. The molecule has 0 saturated heterocycles. The summed E-state index contributed by atoms with van der Waals surface area (Å²) in [7, 11) is 0. The summed E-state index contributed by atoms with van der Waals surface area (Å²) in [4.78, 5) is 11.0. The van der Waals surface area contributed by atoms with Gasteiger partial charge in [0.25, 0.3) is 0 Å². The summed E-state index contributed by atoms with van der Waals surface area (Å²) in [5.41, 5.74) is 0. The second kappa shape index (κ2) is 7.58. The lowest BCUT2D eigenvalue weighted by molar-refractivity contribution is -0.113. The van der Waals surface area contributed by atoms with Crippen LogP contribution in [0.2, 0.25) is 0 Å². The molecule has 0 amide bonds. The van der Waals surface area contributed by atoms with Crippen molar-refractivity contribution in [2.75, 3.05) is 19.2 Å². The molecule has 0 saturated carbocycles. The molecule has 0 radical (unpaired) electrons. The first-order valence-electron chi connectivity index (χ1n) is 4.03. The third-order valence-electron chi connectivity index (χ3n) is 1.24. The molecule has 0 aliphatic rings. The lowest BCUT2D eigenvalue weighted by Crippen LogP contribution is -2.04. The normalized spacial score (nSPS) is 10.7. The zero-order valence-electron chi connectivity index (χ0n) is 7.58. The Balaban J connectivity index is 3.14. The smallest absolute Gasteiger partial charge is 0.191 e. The van der Waals surface area contributed by atoms with Gasteiger partial charge in [-0.15, -0.1) is 0 Å². The van der Waals surface area contributed by atoms with Crippen molar-refractivity contribution in [3.63, 3.8) is 0 Å². The maximum atomic E-state index is 11.0. The number of hydrogen-bond donors (Lipinski definition) is 1. The monoisotopic (exact) mass is 192 g/mol. The quantitative estimate of drug-likeness (QED) is 0.508. The van der Waals surface area contributed by atoms with Crippen molar-refractivity contribution in [3.05, 3.63) is 0 Å². The molecule has 0 spiro atoms. The van der Waals surface area contributed by atoms with Crippen LogP contribution in [0.4, 0.5) is 0 Å². The molecule has 1 N–H and O–H groups in total. The summed E-state index contributed by atoms with van der Waals surface area (Å²) in [5.74, 6) is 0.880. The maximum absolute atomic E-state index is 11.0. The van der Waals surface area contributed by atoms with Gasteiger partial charge < -0.3 is 9.84 Å². The number of hydrogen-bond acceptors (Lipinski definition) is 4. The van der Waals surface area contributed by atoms with Gasteiger partial charge in [-0.1, -0.05) is 25.6 Å². The number of aliphatic hydroxyl groups is 1. The summed E-state index contributed by atoms with van der Waals surface area (Å²) in [6.07, 6.45) is 0.809. The minimum atomic E-state index is -0.233. The van der Waals surface area contributed by atoms with E-state index in [2.05, 4.69) is 0 Å². The van der Waals surface area contributed by atoms with Gasteiger partial charge in [-0.05, 0) is 6.42 Å². The highest BCUT2D eigenvalue weighted by Gasteiger charge is 2.06. The zero-order valence-corrected chi connectivity index (χ0v) is 8.39. The molecule has 0 atom stereocenters. The van der Waals surface area contributed by atoms with Gasteiger partial charge in [-0.25, -0.2) is 0 Å². The number of thioether (sulfide) groups is 1. The standard InChI is InChI=1S/C8H16O3S/c1-7(2)8(10)12-5-3-4-11-6-9/h7,9H,3-6H2,1-2H3. The zero-order chi connectivity index (χ0) is 9.40. The fraction of sp³-hybridized carbons (Fsp3) is 0.875. The van der Waals surface area contributed by atoms with Crippen molar-refractivity contribution in [2.45, 2.75) is 20.3 Å². The van der Waals surface area contributed by atoms with Crippen molar-refractivity contribution in [2.24, 2.45) is 5.92 Å². The van der Waals surface area contributed by atoms with Crippen molar-refractivity contribution in [1.82, 2.24) is 0 Å². The summed E-state index contributed by atoms with van der Waals surface area (Å²) in [6.45, 7) is 4.07. The van der Waals surface area contributed by atoms with Crippen LogP contribution in [-0.4, -0.2) is 29.4 Å². The fourth-order valence-corrected chi connectivity index (χ4v) is 1.36. The van der Waals surface area contributed by atoms with Crippen LogP contribution in [0, 0.1) is 5.92 Å². The third-order valence-corrected chi connectivity index (χ3v) is 2.49. The van der Waals surface area contributed by atoms with Crippen LogP contribution >= 0.6 is 11.8 Å². The van der Waals surface area contributed by atoms with Crippen LogP contribution in [0.25, 0.3) is 0 Å². The van der Waals surface area contributed by atoms with Gasteiger partial charge in [-0.3, -0.25) is 4.79 Å². The van der Waals surface area contributed by atoms with Crippen molar-refractivity contribution in [1.29, 1.82) is 0 Å². The van der Waals surface area contributed by atoms with Gasteiger partial charge in [0.1, 0.15) is 6.79 Å². The minimum Gasteiger partial charge on any atom is -0.371 e. The molecule has 0 heterocycles. The van der Waals surface area contributed by atoms with E-state index in [-0.39, 0.29) is 17.8 Å². The highest BCUT2D eigenvalue weighted by molar-refractivity contribution is 8.13. The number of carbonyl (C=O) groups excluding carboxylic acids is 1. The van der Waals surface area contributed by atoms with E-state index < -0.39 is 0 Å². The molecule has 0 rings (SSSR count). The highest BCUT2D eigenvalue weighted by atomic mass is 32.2. The average molecular weight is 192 g/mol. The van der Waals surface area contributed by atoms with Gasteiger partial charge >= 0.3 is 0 Å². The molecule has 12 heavy (non-hydrogen) atoms. The Hall–Kier alpha value is -0.0600. The first kappa shape index (κ1) is 11.9. The van der Waals surface area contributed by atoms with Crippen molar-refractivity contribution >= 4 is 16.9 Å². The topological polar surface area (TPSA) is 46.5 Å². The van der Waals surface area contributed by atoms with E-state index in [1.165, 1.54) is 11.8 Å². The van der Waals surface area contributed by atoms with E-state index in [1.807, 2.05) is 13.8 Å². The predicted molar refractivity (Wildman–Crippen MR) is 50.0 cm³/mol. The van der Waals surface area contributed by atoms with Crippen molar-refractivity contribution < 1.29 is 14.6 Å². The van der Waals surface area contributed by atoms with Crippen LogP contribution < -0.4 is 0 Å². The van der Waals surface area contributed by atoms with E-state index >= 15 is 0 Å². The summed E-state index contributed by atoms with van der Waals surface area (Å²) in [6, 6.07) is 0. The molecule has 0 aromatic carbocycles. The SMILES string of the molecule is CC(C)C(=O)SCCCOCO. The lowest BCUT2D eigenvalue weighted by Gasteiger charge is -2.02. The molecule has 0 aromatic rings. The molecule has 0 aliphatic heterocycles. The van der Waals surface area contributed by atoms with E-state index in [1.54, 1.807) is 0 Å². The molecule has 3 nitrogen and oxygen atoms in total. The Labute approximate surface area is 77.5 Å². The number of rotatable bonds is 6. The van der Waals surface area contributed by atoms with E-state index in [9.17, 15) is 4.79 Å². The van der Waals surface area contributed by atoms with Gasteiger partial charge in [0.2, 0.25) is 0 Å². The first-order chi connectivity index (χ1) is 5.68. The molecule has 0 bridgehead atoms. The second-order valence-corrected chi connectivity index (χ2v) is 3.81. The summed E-state index contributed by atoms with van der Waals surface area (Å²) >= 11 is 1.33. The number of aliphatic hydroxyl groups excluding tert-OH is 1.